The van der Waals surface area contributed by atoms with Crippen LogP contribution in [0.2, 0.25) is 0 Å². The van der Waals surface area contributed by atoms with Crippen LogP contribution in [-0.4, -0.2) is 64.9 Å². The fraction of sp³-hybridized carbons (Fsp3) is 0.714. The van der Waals surface area contributed by atoms with Crippen molar-refractivity contribution in [1.82, 2.24) is 9.96 Å². The minimum atomic E-state index is -1.13. The van der Waals surface area contributed by atoms with E-state index in [0.717, 1.165) is 5.06 Å². The van der Waals surface area contributed by atoms with Gasteiger partial charge in [0.2, 0.25) is 17.7 Å². The number of hydrogen-bond donors (Lipinski definition) is 3. The van der Waals surface area contributed by atoms with Crippen molar-refractivity contribution in [2.75, 3.05) is 19.6 Å². The van der Waals surface area contributed by atoms with E-state index in [0.29, 0.717) is 25.8 Å². The molecule has 2 aliphatic heterocycles. The molecule has 0 aromatic carbocycles. The smallest absolute Gasteiger partial charge is 0.272 e. The van der Waals surface area contributed by atoms with Gasteiger partial charge in [-0.1, -0.05) is 0 Å². The van der Waals surface area contributed by atoms with E-state index in [1.54, 1.807) is 0 Å². The normalized spacial score (nSPS) is 24.6. The van der Waals surface area contributed by atoms with Crippen LogP contribution in [0.4, 0.5) is 0 Å². The zero-order chi connectivity index (χ0) is 17.9. The Hall–Kier alpha value is -2.20. The molecule has 0 radical (unpaired) electrons. The standard InChI is InChI=1S/C14H23N5O5/c15-8-11(21)18-6-1-4-14(18)5-7-19(13(14)23)24-9(12(17)22)2-3-10(16)20/h9H,1-8,15H2,(H2,16,20)(H2,17,22). The van der Waals surface area contributed by atoms with Gasteiger partial charge in [0.1, 0.15) is 5.54 Å². The van der Waals surface area contributed by atoms with Crippen molar-refractivity contribution in [3.8, 4) is 0 Å². The summed E-state index contributed by atoms with van der Waals surface area (Å²) in [5, 5.41) is 1.07. The highest BCUT2D eigenvalue weighted by Gasteiger charge is 2.55. The fourth-order valence-corrected chi connectivity index (χ4v) is 3.34. The predicted octanol–water partition coefficient (Wildman–Crippen LogP) is -2.41. The Morgan fingerprint density at radius 2 is 1.92 bits per heavy atom. The molecule has 2 unspecified atom stereocenters. The molecule has 2 aliphatic rings. The van der Waals surface area contributed by atoms with Gasteiger partial charge < -0.3 is 22.1 Å². The molecule has 2 atom stereocenters. The van der Waals surface area contributed by atoms with Gasteiger partial charge in [0.15, 0.2) is 6.10 Å². The first-order valence-electron chi connectivity index (χ1n) is 7.88. The number of rotatable bonds is 7. The minimum absolute atomic E-state index is 0.00705. The van der Waals surface area contributed by atoms with Gasteiger partial charge in [0, 0.05) is 13.0 Å². The van der Waals surface area contributed by atoms with Gasteiger partial charge >= 0.3 is 0 Å². The number of carbonyl (C=O) groups is 4. The third-order valence-corrected chi connectivity index (χ3v) is 4.54. The van der Waals surface area contributed by atoms with Crippen molar-refractivity contribution in [2.45, 2.75) is 43.7 Å². The number of nitrogens with zero attached hydrogens (tertiary/aromatic N) is 2. The zero-order valence-electron chi connectivity index (χ0n) is 13.4. The number of nitrogens with two attached hydrogens (primary N) is 3. The van der Waals surface area contributed by atoms with E-state index in [1.165, 1.54) is 4.90 Å². The molecule has 2 rings (SSSR count). The number of amides is 4. The first-order valence-corrected chi connectivity index (χ1v) is 7.88. The summed E-state index contributed by atoms with van der Waals surface area (Å²) in [6.45, 7) is 0.530. The molecule has 134 valence electrons. The largest absolute Gasteiger partial charge is 0.370 e. The quantitative estimate of drug-likeness (QED) is 0.467. The van der Waals surface area contributed by atoms with Crippen molar-refractivity contribution in [3.05, 3.63) is 0 Å². The molecule has 2 heterocycles. The van der Waals surface area contributed by atoms with Crippen LogP contribution in [0, 0.1) is 0 Å². The maximum Gasteiger partial charge on any atom is 0.272 e. The lowest BCUT2D eigenvalue weighted by Gasteiger charge is -2.33. The van der Waals surface area contributed by atoms with Crippen LogP contribution in [0.3, 0.4) is 0 Å². The van der Waals surface area contributed by atoms with Crippen molar-refractivity contribution in [1.29, 1.82) is 0 Å². The molecule has 1 spiro atoms. The van der Waals surface area contributed by atoms with Gasteiger partial charge in [0.05, 0.1) is 13.1 Å². The third kappa shape index (κ3) is 3.34. The summed E-state index contributed by atoms with van der Waals surface area (Å²) >= 11 is 0. The highest BCUT2D eigenvalue weighted by atomic mass is 16.7. The Morgan fingerprint density at radius 3 is 2.50 bits per heavy atom. The molecule has 0 aromatic rings. The van der Waals surface area contributed by atoms with E-state index in [2.05, 4.69) is 0 Å². The maximum atomic E-state index is 12.8. The number of likely N-dealkylation sites (tertiary alicyclic amines) is 1. The van der Waals surface area contributed by atoms with Crippen LogP contribution in [0.5, 0.6) is 0 Å². The molecule has 10 nitrogen and oxygen atoms in total. The van der Waals surface area contributed by atoms with E-state index in [9.17, 15) is 19.2 Å². The SMILES string of the molecule is NCC(=O)N1CCCC12CCN(OC(CCC(N)=O)C(N)=O)C2=O. The van der Waals surface area contributed by atoms with Crippen molar-refractivity contribution < 1.29 is 24.0 Å². The summed E-state index contributed by atoms with van der Waals surface area (Å²) in [6.07, 6.45) is 0.410. The lowest BCUT2D eigenvalue weighted by molar-refractivity contribution is -0.203. The van der Waals surface area contributed by atoms with Crippen LogP contribution in [0.15, 0.2) is 0 Å². The second-order valence-corrected chi connectivity index (χ2v) is 6.04. The van der Waals surface area contributed by atoms with Crippen LogP contribution < -0.4 is 17.2 Å². The van der Waals surface area contributed by atoms with E-state index >= 15 is 0 Å². The summed E-state index contributed by atoms with van der Waals surface area (Å²) in [5.74, 6) is -2.05. The first-order chi connectivity index (χ1) is 11.3. The van der Waals surface area contributed by atoms with E-state index in [1.807, 2.05) is 0 Å². The van der Waals surface area contributed by atoms with Gasteiger partial charge in [-0.2, -0.15) is 0 Å². The van der Waals surface area contributed by atoms with Crippen LogP contribution in [0.25, 0.3) is 0 Å². The Labute approximate surface area is 139 Å². The molecule has 0 saturated carbocycles. The number of hydrogen-bond acceptors (Lipinski definition) is 6. The second-order valence-electron chi connectivity index (χ2n) is 6.04. The predicted molar refractivity (Wildman–Crippen MR) is 81.6 cm³/mol. The summed E-state index contributed by atoms with van der Waals surface area (Å²) in [6, 6.07) is 0. The molecular formula is C14H23N5O5. The molecular weight excluding hydrogens is 318 g/mol. The minimum Gasteiger partial charge on any atom is -0.370 e. The molecule has 0 aliphatic carbocycles. The van der Waals surface area contributed by atoms with Gasteiger partial charge in [-0.15, -0.1) is 0 Å². The molecule has 0 bridgehead atoms. The Morgan fingerprint density at radius 1 is 1.21 bits per heavy atom. The summed E-state index contributed by atoms with van der Waals surface area (Å²) < 4.78 is 0. The van der Waals surface area contributed by atoms with Gasteiger partial charge in [-0.3, -0.25) is 24.0 Å². The highest BCUT2D eigenvalue weighted by Crippen LogP contribution is 2.39. The van der Waals surface area contributed by atoms with Crippen LogP contribution in [0.1, 0.15) is 32.1 Å². The Kier molecular flexibility index (Phi) is 5.40. The molecule has 0 aromatic heterocycles. The van der Waals surface area contributed by atoms with Crippen molar-refractivity contribution in [2.24, 2.45) is 17.2 Å². The van der Waals surface area contributed by atoms with E-state index in [-0.39, 0.29) is 37.7 Å². The zero-order valence-corrected chi connectivity index (χ0v) is 13.4. The summed E-state index contributed by atoms with van der Waals surface area (Å²) in [4.78, 5) is 54.0. The topological polar surface area (TPSA) is 162 Å². The van der Waals surface area contributed by atoms with Crippen LogP contribution in [-0.2, 0) is 24.0 Å². The second kappa shape index (κ2) is 7.14. The molecule has 2 saturated heterocycles. The van der Waals surface area contributed by atoms with Gasteiger partial charge in [-0.05, 0) is 25.7 Å². The molecule has 2 fully saturated rings. The van der Waals surface area contributed by atoms with E-state index in [4.69, 9.17) is 22.0 Å². The number of hydroxylamine groups is 2. The average Bonchev–Trinajstić information content (AvgIpc) is 3.09. The number of carbonyl (C=O) groups excluding carboxylic acids is 4. The van der Waals surface area contributed by atoms with Crippen molar-refractivity contribution in [3.63, 3.8) is 0 Å². The monoisotopic (exact) mass is 341 g/mol. The average molecular weight is 341 g/mol. The summed E-state index contributed by atoms with van der Waals surface area (Å²) in [5.41, 5.74) is 14.8. The summed E-state index contributed by atoms with van der Waals surface area (Å²) in [7, 11) is 0. The lowest BCUT2D eigenvalue weighted by Crippen LogP contribution is -2.54. The van der Waals surface area contributed by atoms with Crippen molar-refractivity contribution >= 4 is 23.6 Å². The molecule has 24 heavy (non-hydrogen) atoms. The first kappa shape index (κ1) is 18.1. The Balaban J connectivity index is 2.08. The lowest BCUT2D eigenvalue weighted by atomic mass is 9.94. The van der Waals surface area contributed by atoms with E-state index < -0.39 is 23.5 Å². The highest BCUT2D eigenvalue weighted by molar-refractivity contribution is 5.93. The molecule has 10 heteroatoms. The van der Waals surface area contributed by atoms with Crippen LogP contribution >= 0.6 is 0 Å². The molecule has 4 amide bonds. The maximum absolute atomic E-state index is 12.8. The molecule has 6 N–H and O–H groups in total. The van der Waals surface area contributed by atoms with Gasteiger partial charge in [-0.25, -0.2) is 5.06 Å². The third-order valence-electron chi connectivity index (χ3n) is 4.54. The number of primary amides is 2. The Bertz CT molecular complexity index is 554. The van der Waals surface area contributed by atoms with Gasteiger partial charge in [0.25, 0.3) is 5.91 Å². The fourth-order valence-electron chi connectivity index (χ4n) is 3.34.